The molecule has 1 unspecified atom stereocenters. The van der Waals surface area contributed by atoms with E-state index in [0.717, 1.165) is 5.69 Å². The molecule has 0 bridgehead atoms. The van der Waals surface area contributed by atoms with Crippen LogP contribution in [-0.4, -0.2) is 23.1 Å². The molecule has 68 valence electrons. The number of carbonyl (C=O) groups excluding carboxylic acids is 1. The minimum absolute atomic E-state index is 0.0352. The number of rotatable bonds is 0. The van der Waals surface area contributed by atoms with Crippen LogP contribution in [0.5, 0.6) is 0 Å². The number of carbonyl (C=O) groups is 1. The quantitative estimate of drug-likeness (QED) is 0.580. The summed E-state index contributed by atoms with van der Waals surface area (Å²) in [5.74, 6) is 0.0695. The minimum atomic E-state index is -1.19. The maximum atomic E-state index is 11.4. The second kappa shape index (κ2) is 3.05. The Morgan fingerprint density at radius 3 is 2.92 bits per heavy atom. The first-order valence-corrected chi connectivity index (χ1v) is 5.22. The summed E-state index contributed by atoms with van der Waals surface area (Å²) in [7, 11) is 1.74. The van der Waals surface area contributed by atoms with E-state index in [1.165, 1.54) is 0 Å². The summed E-state index contributed by atoms with van der Waals surface area (Å²) in [5, 5.41) is 0. The van der Waals surface area contributed by atoms with Gasteiger partial charge >= 0.3 is 0 Å². The van der Waals surface area contributed by atoms with Gasteiger partial charge in [0, 0.05) is 0 Å². The summed E-state index contributed by atoms with van der Waals surface area (Å²) in [4.78, 5) is 11.4. The van der Waals surface area contributed by atoms with Crippen LogP contribution < -0.4 is 4.31 Å². The number of benzene rings is 1. The van der Waals surface area contributed by atoms with Gasteiger partial charge in [0.25, 0.3) is 0 Å². The maximum Gasteiger partial charge on any atom is 0.216 e. The molecule has 2 rings (SSSR count). The summed E-state index contributed by atoms with van der Waals surface area (Å²) in [5.41, 5.74) is 1.43. The molecule has 4 heteroatoms. The second-order valence-corrected chi connectivity index (χ2v) is 4.38. The standard InChI is InChI=1S/C9H9NO2S/c1-10-8-5-3-2-4-7(8)9(11)6-13(10)12/h2-5H,6H2,1H3. The average Bonchev–Trinajstić information content (AvgIpc) is 2.15. The van der Waals surface area contributed by atoms with Crippen LogP contribution in [0.15, 0.2) is 24.3 Å². The van der Waals surface area contributed by atoms with Gasteiger partial charge in [-0.2, -0.15) is 4.31 Å². The van der Waals surface area contributed by atoms with E-state index in [9.17, 15) is 9.35 Å². The molecule has 0 radical (unpaired) electrons. The third kappa shape index (κ3) is 1.32. The largest absolute Gasteiger partial charge is 0.593 e. The molecule has 1 atom stereocenters. The van der Waals surface area contributed by atoms with Gasteiger partial charge in [0.1, 0.15) is 0 Å². The zero-order valence-electron chi connectivity index (χ0n) is 7.19. The monoisotopic (exact) mass is 195 g/mol. The lowest BCUT2D eigenvalue weighted by Gasteiger charge is -2.27. The van der Waals surface area contributed by atoms with Crippen molar-refractivity contribution in [1.82, 2.24) is 0 Å². The topological polar surface area (TPSA) is 43.4 Å². The molecule has 0 fully saturated rings. The van der Waals surface area contributed by atoms with Crippen LogP contribution in [0.2, 0.25) is 0 Å². The van der Waals surface area contributed by atoms with E-state index in [0.29, 0.717) is 5.56 Å². The van der Waals surface area contributed by atoms with E-state index in [1.807, 2.05) is 18.2 Å². The molecule has 0 N–H and O–H groups in total. The van der Waals surface area contributed by atoms with E-state index in [2.05, 4.69) is 0 Å². The molecule has 0 saturated carbocycles. The second-order valence-electron chi connectivity index (χ2n) is 2.90. The van der Waals surface area contributed by atoms with Gasteiger partial charge in [-0.15, -0.1) is 0 Å². The van der Waals surface area contributed by atoms with Gasteiger partial charge in [0.05, 0.1) is 29.7 Å². The van der Waals surface area contributed by atoms with Crippen LogP contribution in [0.1, 0.15) is 10.4 Å². The van der Waals surface area contributed by atoms with E-state index in [1.54, 1.807) is 17.4 Å². The molecule has 0 saturated heterocycles. The number of Topliss-reactive ketones (excluding diaryl/α,β-unsaturated/α-hetero) is 1. The highest BCUT2D eigenvalue weighted by Crippen LogP contribution is 2.27. The number of fused-ring (bicyclic) bond motifs is 1. The number of nitrogens with zero attached hydrogens (tertiary/aromatic N) is 1. The fraction of sp³-hybridized carbons (Fsp3) is 0.222. The molecule has 1 aromatic rings. The predicted octanol–water partition coefficient (Wildman–Crippen LogP) is 0.983. The first kappa shape index (κ1) is 8.59. The van der Waals surface area contributed by atoms with Gasteiger partial charge in [0.15, 0.2) is 5.75 Å². The molecule has 1 heterocycles. The summed E-state index contributed by atoms with van der Waals surface area (Å²) in [6, 6.07) is 7.23. The van der Waals surface area contributed by atoms with Crippen molar-refractivity contribution in [3.8, 4) is 0 Å². The molecular formula is C9H9NO2S. The van der Waals surface area contributed by atoms with Crippen molar-refractivity contribution < 1.29 is 9.35 Å². The molecule has 1 aromatic carbocycles. The SMILES string of the molecule is CN1c2ccccc2C(=O)C[S+]1[O-]. The Hall–Kier alpha value is -1.00. The lowest BCUT2D eigenvalue weighted by atomic mass is 10.1. The number of anilines is 1. The summed E-state index contributed by atoms with van der Waals surface area (Å²) < 4.78 is 13.0. The minimum Gasteiger partial charge on any atom is -0.593 e. The van der Waals surface area contributed by atoms with Crippen molar-refractivity contribution in [2.75, 3.05) is 17.1 Å². The molecule has 13 heavy (non-hydrogen) atoms. The van der Waals surface area contributed by atoms with Gasteiger partial charge in [-0.05, 0) is 12.1 Å². The molecule has 0 aliphatic carbocycles. The first-order valence-electron chi connectivity index (χ1n) is 3.94. The van der Waals surface area contributed by atoms with Crippen molar-refractivity contribution >= 4 is 22.8 Å². The zero-order valence-corrected chi connectivity index (χ0v) is 8.00. The van der Waals surface area contributed by atoms with E-state index in [4.69, 9.17) is 0 Å². The van der Waals surface area contributed by atoms with Gasteiger partial charge in [-0.25, -0.2) is 0 Å². The first-order chi connectivity index (χ1) is 6.20. The van der Waals surface area contributed by atoms with Gasteiger partial charge < -0.3 is 4.55 Å². The van der Waals surface area contributed by atoms with Crippen LogP contribution in [0, 0.1) is 0 Å². The van der Waals surface area contributed by atoms with E-state index in [-0.39, 0.29) is 11.5 Å². The third-order valence-corrected chi connectivity index (χ3v) is 3.42. The molecule has 0 aromatic heterocycles. The van der Waals surface area contributed by atoms with Crippen molar-refractivity contribution in [2.45, 2.75) is 0 Å². The number of hydrogen-bond acceptors (Lipinski definition) is 3. The van der Waals surface area contributed by atoms with Crippen molar-refractivity contribution in [2.24, 2.45) is 0 Å². The Balaban J connectivity index is 2.53. The highest BCUT2D eigenvalue weighted by molar-refractivity contribution is 7.93. The molecular weight excluding hydrogens is 186 g/mol. The highest BCUT2D eigenvalue weighted by Gasteiger charge is 2.30. The summed E-state index contributed by atoms with van der Waals surface area (Å²) in [6.45, 7) is 0. The molecule has 0 amide bonds. The van der Waals surface area contributed by atoms with Crippen molar-refractivity contribution in [3.63, 3.8) is 0 Å². The highest BCUT2D eigenvalue weighted by atomic mass is 32.2. The molecule has 3 nitrogen and oxygen atoms in total. The van der Waals surface area contributed by atoms with Gasteiger partial charge in [-0.3, -0.25) is 4.79 Å². The lowest BCUT2D eigenvalue weighted by Crippen LogP contribution is -2.37. The number of para-hydroxylation sites is 1. The van der Waals surface area contributed by atoms with Gasteiger partial charge in [-0.1, -0.05) is 12.1 Å². The molecule has 1 aliphatic rings. The average molecular weight is 195 g/mol. The van der Waals surface area contributed by atoms with Gasteiger partial charge in [0.2, 0.25) is 5.78 Å². The summed E-state index contributed by atoms with van der Waals surface area (Å²) >= 11 is -1.19. The Morgan fingerprint density at radius 2 is 2.15 bits per heavy atom. The number of ketones is 1. The Bertz CT molecular complexity index is 353. The Morgan fingerprint density at radius 1 is 1.46 bits per heavy atom. The Labute approximate surface area is 79.7 Å². The third-order valence-electron chi connectivity index (χ3n) is 2.10. The lowest BCUT2D eigenvalue weighted by molar-refractivity contribution is 0.102. The zero-order chi connectivity index (χ0) is 9.42. The van der Waals surface area contributed by atoms with Crippen LogP contribution in [0.3, 0.4) is 0 Å². The van der Waals surface area contributed by atoms with Crippen LogP contribution in [0.4, 0.5) is 5.69 Å². The van der Waals surface area contributed by atoms with Crippen LogP contribution in [0.25, 0.3) is 0 Å². The Kier molecular flexibility index (Phi) is 2.01. The fourth-order valence-electron chi connectivity index (χ4n) is 1.38. The molecule has 1 aliphatic heterocycles. The molecule has 0 spiro atoms. The van der Waals surface area contributed by atoms with Crippen molar-refractivity contribution in [1.29, 1.82) is 0 Å². The normalized spacial score (nSPS) is 21.5. The fourth-order valence-corrected chi connectivity index (χ4v) is 2.33. The number of hydrogen-bond donors (Lipinski definition) is 0. The van der Waals surface area contributed by atoms with Crippen molar-refractivity contribution in [3.05, 3.63) is 29.8 Å². The maximum absolute atomic E-state index is 11.4. The smallest absolute Gasteiger partial charge is 0.216 e. The van der Waals surface area contributed by atoms with Crippen LogP contribution >= 0.6 is 0 Å². The summed E-state index contributed by atoms with van der Waals surface area (Å²) in [6.07, 6.45) is 0. The van der Waals surface area contributed by atoms with Crippen LogP contribution in [-0.2, 0) is 11.4 Å². The predicted molar refractivity (Wildman–Crippen MR) is 52.2 cm³/mol. The van der Waals surface area contributed by atoms with E-state index >= 15 is 0 Å². The van der Waals surface area contributed by atoms with E-state index < -0.39 is 11.4 Å².